The molecule has 0 bridgehead atoms. The Hall–Kier alpha value is -3.55. The van der Waals surface area contributed by atoms with E-state index < -0.39 is 12.0 Å². The Morgan fingerprint density at radius 3 is 2.85 bits per heavy atom. The fourth-order valence-corrected chi connectivity index (χ4v) is 3.10. The largest absolute Gasteiger partial charge is 0.326 e. The minimum atomic E-state index is -0.580. The van der Waals surface area contributed by atoms with E-state index in [2.05, 4.69) is 37.7 Å². The molecule has 1 aliphatic rings. The number of anilines is 2. The summed E-state index contributed by atoms with van der Waals surface area (Å²) in [6, 6.07) is 11.0. The number of fused-ring (bicyclic) bond motifs is 1. The Kier molecular flexibility index (Phi) is 3.92. The minimum Gasteiger partial charge on any atom is -0.326 e. The van der Waals surface area contributed by atoms with E-state index in [1.54, 1.807) is 10.9 Å². The van der Waals surface area contributed by atoms with Crippen LogP contribution in [0.2, 0.25) is 0 Å². The molecule has 1 aliphatic heterocycles. The highest BCUT2D eigenvalue weighted by Crippen LogP contribution is 2.36. The quantitative estimate of drug-likeness (QED) is 0.749. The van der Waals surface area contributed by atoms with Crippen LogP contribution in [0.3, 0.4) is 0 Å². The number of carbonyl (C=O) groups excluding carboxylic acids is 1. The first-order valence-electron chi connectivity index (χ1n) is 8.21. The molecule has 2 aromatic heterocycles. The zero-order valence-corrected chi connectivity index (χ0v) is 14.2. The Morgan fingerprint density at radius 2 is 2.12 bits per heavy atom. The standard InChI is InChI=1S/C18H17N7O/c1-11-5-7-14(8-6-11)21-17(26)15-12(2)20-18-22-23-24-25(18)16(15)13-4-3-9-19-10-13/h3-10,15-16H,2H2,1H3,(H,21,26)(H,20,22,24)/p+1. The van der Waals surface area contributed by atoms with Gasteiger partial charge in [0.25, 0.3) is 0 Å². The van der Waals surface area contributed by atoms with Crippen molar-refractivity contribution in [3.63, 3.8) is 0 Å². The Labute approximate surface area is 150 Å². The topological polar surface area (TPSA) is 98.9 Å². The predicted molar refractivity (Wildman–Crippen MR) is 95.0 cm³/mol. The summed E-state index contributed by atoms with van der Waals surface area (Å²) in [5.41, 5.74) is 3.29. The van der Waals surface area contributed by atoms with Gasteiger partial charge in [-0.15, -0.1) is 0 Å². The van der Waals surface area contributed by atoms with E-state index in [0.29, 0.717) is 11.6 Å². The number of nitrogens with one attached hydrogen (secondary N) is 3. The van der Waals surface area contributed by atoms with E-state index >= 15 is 0 Å². The normalized spacial score (nSPS) is 18.7. The Morgan fingerprint density at radius 1 is 1.31 bits per heavy atom. The van der Waals surface area contributed by atoms with Crippen molar-refractivity contribution in [3.05, 3.63) is 72.2 Å². The molecule has 3 heterocycles. The van der Waals surface area contributed by atoms with Crippen LogP contribution in [0.5, 0.6) is 0 Å². The van der Waals surface area contributed by atoms with Crippen molar-refractivity contribution in [3.8, 4) is 0 Å². The molecule has 4 rings (SSSR count). The van der Waals surface area contributed by atoms with Crippen molar-refractivity contribution < 1.29 is 9.78 Å². The van der Waals surface area contributed by atoms with Crippen LogP contribution in [0.25, 0.3) is 0 Å². The Bertz CT molecular complexity index is 949. The van der Waals surface area contributed by atoms with Gasteiger partial charge in [-0.05, 0) is 35.5 Å². The number of aryl methyl sites for hydroxylation is 1. The van der Waals surface area contributed by atoms with Crippen molar-refractivity contribution in [2.45, 2.75) is 13.0 Å². The molecule has 26 heavy (non-hydrogen) atoms. The summed E-state index contributed by atoms with van der Waals surface area (Å²) in [6.45, 7) is 6.04. The van der Waals surface area contributed by atoms with Gasteiger partial charge in [-0.3, -0.25) is 4.79 Å². The lowest BCUT2D eigenvalue weighted by molar-refractivity contribution is -0.379. The second kappa shape index (κ2) is 6.40. The molecule has 2 atom stereocenters. The van der Waals surface area contributed by atoms with Gasteiger partial charge in [-0.2, -0.15) is 0 Å². The van der Waals surface area contributed by atoms with E-state index in [1.807, 2.05) is 49.5 Å². The summed E-state index contributed by atoms with van der Waals surface area (Å²) in [4.78, 5) is 16.1. The number of nitrogens with zero attached hydrogens (tertiary/aromatic N) is 4. The number of benzene rings is 1. The summed E-state index contributed by atoms with van der Waals surface area (Å²) in [7, 11) is 0. The SMILES string of the molecule is C=C1Nc2nnnn2C(c2ccc[nH+]c2)C1C(=O)Nc1ccc(C)cc1. The van der Waals surface area contributed by atoms with Crippen molar-refractivity contribution in [1.82, 2.24) is 20.2 Å². The van der Waals surface area contributed by atoms with Gasteiger partial charge < -0.3 is 10.6 Å². The number of aromatic nitrogens is 5. The van der Waals surface area contributed by atoms with E-state index in [0.717, 1.165) is 16.8 Å². The molecule has 0 saturated heterocycles. The number of aromatic amines is 1. The molecule has 3 N–H and O–H groups in total. The van der Waals surface area contributed by atoms with Crippen LogP contribution in [0, 0.1) is 12.8 Å². The fourth-order valence-electron chi connectivity index (χ4n) is 3.10. The van der Waals surface area contributed by atoms with Crippen LogP contribution >= 0.6 is 0 Å². The molecular weight excluding hydrogens is 330 g/mol. The molecule has 1 amide bonds. The molecule has 8 heteroatoms. The van der Waals surface area contributed by atoms with Crippen LogP contribution in [0.1, 0.15) is 17.2 Å². The van der Waals surface area contributed by atoms with Gasteiger partial charge in [0.15, 0.2) is 12.4 Å². The second-order valence-electron chi connectivity index (χ2n) is 6.21. The molecule has 0 saturated carbocycles. The maximum absolute atomic E-state index is 13.1. The summed E-state index contributed by atoms with van der Waals surface area (Å²) in [5.74, 6) is -0.298. The van der Waals surface area contributed by atoms with Crippen LogP contribution in [-0.4, -0.2) is 26.1 Å². The summed E-state index contributed by atoms with van der Waals surface area (Å²) in [5, 5.41) is 17.7. The van der Waals surface area contributed by atoms with Crippen molar-refractivity contribution >= 4 is 17.5 Å². The number of H-pyrrole nitrogens is 1. The third-order valence-electron chi connectivity index (χ3n) is 4.39. The molecule has 0 fully saturated rings. The van der Waals surface area contributed by atoms with E-state index in [9.17, 15) is 4.79 Å². The van der Waals surface area contributed by atoms with Gasteiger partial charge in [0.2, 0.25) is 11.9 Å². The van der Waals surface area contributed by atoms with Gasteiger partial charge >= 0.3 is 0 Å². The highest BCUT2D eigenvalue weighted by Gasteiger charge is 2.40. The smallest absolute Gasteiger partial charge is 0.247 e. The van der Waals surface area contributed by atoms with Crippen LogP contribution in [-0.2, 0) is 4.79 Å². The highest BCUT2D eigenvalue weighted by molar-refractivity contribution is 5.95. The maximum Gasteiger partial charge on any atom is 0.247 e. The molecule has 2 unspecified atom stereocenters. The van der Waals surface area contributed by atoms with Gasteiger partial charge in [0.05, 0.1) is 0 Å². The van der Waals surface area contributed by atoms with E-state index in [1.165, 1.54) is 0 Å². The van der Waals surface area contributed by atoms with Crippen LogP contribution in [0.15, 0.2) is 61.1 Å². The number of carbonyl (C=O) groups is 1. The number of hydrogen-bond donors (Lipinski definition) is 2. The van der Waals surface area contributed by atoms with Gasteiger partial charge in [-0.1, -0.05) is 29.4 Å². The summed E-state index contributed by atoms with van der Waals surface area (Å²) >= 11 is 0. The lowest BCUT2D eigenvalue weighted by atomic mass is 9.89. The third-order valence-corrected chi connectivity index (χ3v) is 4.39. The molecule has 8 nitrogen and oxygen atoms in total. The van der Waals surface area contributed by atoms with Crippen molar-refractivity contribution in [2.75, 3.05) is 10.6 Å². The zero-order valence-electron chi connectivity index (χ0n) is 14.2. The first kappa shape index (κ1) is 15.9. The van der Waals surface area contributed by atoms with Gasteiger partial charge in [0.1, 0.15) is 12.0 Å². The number of rotatable bonds is 3. The Balaban J connectivity index is 1.71. The van der Waals surface area contributed by atoms with E-state index in [-0.39, 0.29) is 5.91 Å². The monoisotopic (exact) mass is 348 g/mol. The average Bonchev–Trinajstić information content (AvgIpc) is 3.11. The van der Waals surface area contributed by atoms with Crippen LogP contribution in [0.4, 0.5) is 11.6 Å². The third kappa shape index (κ3) is 2.81. The molecule has 3 aromatic rings. The lowest BCUT2D eigenvalue weighted by Crippen LogP contribution is -2.39. The maximum atomic E-state index is 13.1. The predicted octanol–water partition coefficient (Wildman–Crippen LogP) is 1.58. The molecule has 130 valence electrons. The molecule has 0 aliphatic carbocycles. The number of hydrogen-bond acceptors (Lipinski definition) is 5. The first-order valence-corrected chi connectivity index (χ1v) is 8.21. The summed E-state index contributed by atoms with van der Waals surface area (Å²) in [6.07, 6.45) is 3.64. The van der Waals surface area contributed by atoms with Gasteiger partial charge in [-0.25, -0.2) is 9.67 Å². The lowest BCUT2D eigenvalue weighted by Gasteiger charge is -2.32. The highest BCUT2D eigenvalue weighted by atomic mass is 16.2. The number of pyridine rings is 1. The van der Waals surface area contributed by atoms with Crippen molar-refractivity contribution in [1.29, 1.82) is 0 Å². The first-order chi connectivity index (χ1) is 12.6. The zero-order chi connectivity index (χ0) is 18.1. The molecule has 1 aromatic carbocycles. The summed E-state index contributed by atoms with van der Waals surface area (Å²) < 4.78 is 1.61. The molecular formula is C18H18N7O+. The number of tetrazole rings is 1. The van der Waals surface area contributed by atoms with Crippen molar-refractivity contribution in [2.24, 2.45) is 5.92 Å². The fraction of sp³-hybridized carbons (Fsp3) is 0.167. The second-order valence-corrected chi connectivity index (χ2v) is 6.21. The van der Waals surface area contributed by atoms with Gasteiger partial charge in [0, 0.05) is 23.0 Å². The average molecular weight is 348 g/mol. The molecule has 0 spiro atoms. The van der Waals surface area contributed by atoms with E-state index in [4.69, 9.17) is 0 Å². The minimum absolute atomic E-state index is 0.179. The van der Waals surface area contributed by atoms with Crippen LogP contribution < -0.4 is 15.6 Å². The number of amides is 1. The molecule has 0 radical (unpaired) electrons.